The van der Waals surface area contributed by atoms with Gasteiger partial charge in [0.25, 0.3) is 0 Å². The summed E-state index contributed by atoms with van der Waals surface area (Å²) in [6, 6.07) is 0. The summed E-state index contributed by atoms with van der Waals surface area (Å²) in [5.74, 6) is 0. The van der Waals surface area contributed by atoms with Gasteiger partial charge in [-0.3, -0.25) is 0 Å². The zero-order valence-electron chi connectivity index (χ0n) is 8.11. The van der Waals surface area contributed by atoms with Crippen molar-refractivity contribution in [2.24, 2.45) is 0 Å². The molecule has 0 amide bonds. The maximum atomic E-state index is 8.58. The minimum atomic E-state index is -5.39. The van der Waals surface area contributed by atoms with Crippen molar-refractivity contribution in [3.63, 3.8) is 0 Å². The average molecular weight is 1000 g/mol. The molecule has 0 radical (unpaired) electrons. The van der Waals surface area contributed by atoms with Crippen molar-refractivity contribution in [2.45, 2.75) is 0 Å². The molecule has 0 unspecified atom stereocenters. The van der Waals surface area contributed by atoms with Gasteiger partial charge < -0.3 is 38.5 Å². The quantitative estimate of drug-likeness (QED) is 0.204. The summed E-state index contributed by atoms with van der Waals surface area (Å²) >= 11 is -7.52. The van der Waals surface area contributed by atoms with Crippen LogP contribution in [0.4, 0.5) is 0 Å². The Bertz CT molecular complexity index is 300. The van der Waals surface area contributed by atoms with E-state index in [0.717, 1.165) is 0 Å². The SMILES string of the molecule is O=P([O-])([O-])[O-].O=P([O-])([O-])[O-].[O]=[U+2]=[O].[O]=[U+2]=[O].[O]=[U+2]=[O]. The van der Waals surface area contributed by atoms with Crippen LogP contribution in [-0.4, -0.2) is 0 Å². The van der Waals surface area contributed by atoms with Crippen molar-refractivity contribution in [3.05, 3.63) is 0 Å². The van der Waals surface area contributed by atoms with Crippen molar-refractivity contribution in [1.29, 1.82) is 0 Å². The molecule has 0 spiro atoms. The maximum absolute atomic E-state index is 8.58. The van der Waals surface area contributed by atoms with Gasteiger partial charge in [-0.15, -0.1) is 0 Å². The van der Waals surface area contributed by atoms with Crippen LogP contribution < -0.4 is 29.4 Å². The van der Waals surface area contributed by atoms with Gasteiger partial charge in [-0.1, -0.05) is 0 Å². The molecule has 0 aromatic rings. The molecule has 0 aliphatic heterocycles. The van der Waals surface area contributed by atoms with Gasteiger partial charge in [-0.05, 0) is 0 Å². The van der Waals surface area contributed by atoms with Gasteiger partial charge in [-0.25, -0.2) is 0 Å². The van der Waals surface area contributed by atoms with Crippen LogP contribution in [0.15, 0.2) is 0 Å². The second-order valence-corrected chi connectivity index (χ2v) is 5.02. The van der Waals surface area contributed by atoms with Gasteiger partial charge in [0.1, 0.15) is 0 Å². The van der Waals surface area contributed by atoms with Crippen LogP contribution in [0.2, 0.25) is 0 Å². The molecule has 19 heteroatoms. The molecule has 0 aliphatic carbocycles. The van der Waals surface area contributed by atoms with E-state index >= 15 is 0 Å². The van der Waals surface area contributed by atoms with Crippen LogP contribution >= 0.6 is 15.6 Å². The van der Waals surface area contributed by atoms with Crippen LogP contribution in [0.5, 0.6) is 0 Å². The normalized spacial score (nSPS) is 7.47. The van der Waals surface area contributed by atoms with E-state index in [1.165, 1.54) is 0 Å². The number of hydrogen-bond acceptors (Lipinski definition) is 14. The zero-order valence-corrected chi connectivity index (χ0v) is 22.4. The first-order valence-corrected chi connectivity index (χ1v) is 15.8. The average Bonchev–Trinajstić information content (AvgIpc) is 1.99. The Morgan fingerprint density at radius 1 is 0.474 bits per heavy atom. The first-order valence-electron chi connectivity index (χ1n) is 2.69. The second-order valence-electron chi connectivity index (χ2n) is 1.14. The molecule has 0 saturated carbocycles. The second kappa shape index (κ2) is 25.1. The first-order chi connectivity index (χ1) is 8.24. The Morgan fingerprint density at radius 3 is 0.474 bits per heavy atom. The molecule has 0 fully saturated rings. The van der Waals surface area contributed by atoms with E-state index in [1.807, 2.05) is 0 Å². The zero-order chi connectivity index (χ0) is 17.1. The summed E-state index contributed by atoms with van der Waals surface area (Å²) in [5, 5.41) is 0. The summed E-state index contributed by atoms with van der Waals surface area (Å²) in [6.45, 7) is 0. The monoisotopic (exact) mass is 1000 g/mol. The van der Waals surface area contributed by atoms with Gasteiger partial charge in [0, 0.05) is 0 Å². The van der Waals surface area contributed by atoms with Gasteiger partial charge in [0.05, 0.1) is 0 Å². The molecule has 106 valence electrons. The molecule has 0 N–H and O–H groups in total. The summed E-state index contributed by atoms with van der Waals surface area (Å²) in [7, 11) is -10.8. The van der Waals surface area contributed by atoms with Crippen LogP contribution in [0.25, 0.3) is 0 Å². The van der Waals surface area contributed by atoms with E-state index < -0.39 is 99.1 Å². The number of phosphoric acid groups is 2. The van der Waals surface area contributed by atoms with E-state index in [0.29, 0.717) is 0 Å². The van der Waals surface area contributed by atoms with Crippen LogP contribution in [0.3, 0.4) is 0 Å². The molecule has 14 nitrogen and oxygen atoms in total. The van der Waals surface area contributed by atoms with E-state index in [1.54, 1.807) is 0 Å². The van der Waals surface area contributed by atoms with Gasteiger partial charge >= 0.3 is 96.9 Å². The van der Waals surface area contributed by atoms with E-state index in [-0.39, 0.29) is 0 Å². The number of rotatable bonds is 0. The molecule has 0 heterocycles. The Labute approximate surface area is 148 Å². The van der Waals surface area contributed by atoms with Crippen LogP contribution in [0, 0.1) is 83.5 Å². The summed E-state index contributed by atoms with van der Waals surface area (Å²) in [4.78, 5) is 51.3. The van der Waals surface area contributed by atoms with E-state index in [2.05, 4.69) is 0 Å². The standard InChI is InChI=1S/2H3O4P.6O.3U/c2*1-5(2,3)4;;;;;;;;;/h2*(H3,1,2,3,4);;;;;;;;;/q;;;;;;;;3*+2/p-6. The van der Waals surface area contributed by atoms with Crippen LogP contribution in [0.1, 0.15) is 0 Å². The Balaban J connectivity index is -0.0000000442. The predicted octanol–water partition coefficient (Wildman–Crippen LogP) is -6.36. The molecule has 19 heavy (non-hydrogen) atoms. The molecule has 0 atom stereocenters. The van der Waals surface area contributed by atoms with Crippen molar-refractivity contribution in [3.8, 4) is 0 Å². The first kappa shape index (κ1) is 32.9. The van der Waals surface area contributed by atoms with E-state index in [9.17, 15) is 0 Å². The Morgan fingerprint density at radius 2 is 0.474 bits per heavy atom. The minimum absolute atomic E-state index is 2.51. The summed E-state index contributed by atoms with van der Waals surface area (Å²) in [6.07, 6.45) is 0. The third-order valence-electron chi connectivity index (χ3n) is 0. The van der Waals surface area contributed by atoms with Gasteiger partial charge in [0.15, 0.2) is 0 Å². The fourth-order valence-electron chi connectivity index (χ4n) is 0. The van der Waals surface area contributed by atoms with Gasteiger partial charge in [0.2, 0.25) is 0 Å². The number of hydrogen-bond donors (Lipinski definition) is 0. The van der Waals surface area contributed by atoms with Crippen molar-refractivity contribution < 1.29 is 135 Å². The van der Waals surface area contributed by atoms with Gasteiger partial charge in [-0.2, -0.15) is 15.6 Å². The fraction of sp³-hybridized carbons (Fsp3) is 0. The molecule has 0 aromatic carbocycles. The Hall–Kier alpha value is 2.18. The summed E-state index contributed by atoms with van der Waals surface area (Å²) in [5.41, 5.74) is 0. The van der Waals surface area contributed by atoms with E-state index in [4.69, 9.17) is 51.9 Å². The van der Waals surface area contributed by atoms with Crippen molar-refractivity contribution >= 4 is 15.6 Å². The third kappa shape index (κ3) is 1410. The topological polar surface area (TPSA) is 275 Å². The van der Waals surface area contributed by atoms with Crippen molar-refractivity contribution in [2.75, 3.05) is 0 Å². The summed E-state index contributed by atoms with van der Waals surface area (Å²) < 4.78 is 68.6. The molecule has 0 aromatic heterocycles. The predicted molar refractivity (Wildman–Crippen MR) is 19.3 cm³/mol. The molecule has 0 saturated heterocycles. The molecule has 0 rings (SSSR count). The molecule has 0 bridgehead atoms. The molecular formula is O14P2U3. The van der Waals surface area contributed by atoms with Crippen LogP contribution in [-0.2, 0) is 22.5 Å². The Kier molecular flexibility index (Phi) is 43.6. The third-order valence-corrected chi connectivity index (χ3v) is 0. The molecule has 0 aliphatic rings. The van der Waals surface area contributed by atoms with Crippen molar-refractivity contribution in [1.82, 2.24) is 0 Å². The fourth-order valence-corrected chi connectivity index (χ4v) is 0. The molecular weight excluding hydrogens is 1000 g/mol.